The van der Waals surface area contributed by atoms with Gasteiger partial charge < -0.3 is 0 Å². The van der Waals surface area contributed by atoms with Crippen molar-refractivity contribution in [1.82, 2.24) is 9.88 Å². The molecule has 1 saturated heterocycles. The van der Waals surface area contributed by atoms with E-state index in [1.54, 1.807) is 12.4 Å². The highest BCUT2D eigenvalue weighted by Gasteiger charge is 2.36. The van der Waals surface area contributed by atoms with E-state index < -0.39 is 0 Å². The van der Waals surface area contributed by atoms with Crippen molar-refractivity contribution < 1.29 is 4.79 Å². The highest BCUT2D eigenvalue weighted by atomic mass is 16.1. The van der Waals surface area contributed by atoms with Gasteiger partial charge in [0.15, 0.2) is 5.78 Å². The minimum Gasteiger partial charge on any atom is -0.298 e. The maximum atomic E-state index is 11.9. The first-order valence-corrected chi connectivity index (χ1v) is 5.78. The summed E-state index contributed by atoms with van der Waals surface area (Å²) >= 11 is 0. The molecule has 3 heteroatoms. The Hall–Kier alpha value is -1.22. The third-order valence-corrected chi connectivity index (χ3v) is 3.43. The summed E-state index contributed by atoms with van der Waals surface area (Å²) in [6.07, 6.45) is 5.30. The Morgan fingerprint density at radius 1 is 1.38 bits per heavy atom. The highest BCUT2D eigenvalue weighted by Crippen LogP contribution is 2.25. The van der Waals surface area contributed by atoms with Gasteiger partial charge in [0, 0.05) is 25.4 Å². The molecule has 2 rings (SSSR count). The lowest BCUT2D eigenvalue weighted by Crippen LogP contribution is -2.53. The topological polar surface area (TPSA) is 33.2 Å². The second kappa shape index (κ2) is 4.34. The lowest BCUT2D eigenvalue weighted by atomic mass is 9.88. The van der Waals surface area contributed by atoms with Crippen molar-refractivity contribution in [1.29, 1.82) is 0 Å². The van der Waals surface area contributed by atoms with Crippen LogP contribution in [0.25, 0.3) is 0 Å². The first kappa shape index (κ1) is 11.3. The molecular formula is C13H18N2O. The van der Waals surface area contributed by atoms with Crippen LogP contribution in [0.5, 0.6) is 0 Å². The number of carbonyl (C=O) groups is 1. The van der Waals surface area contributed by atoms with Gasteiger partial charge in [-0.15, -0.1) is 0 Å². The Balaban J connectivity index is 2.12. The fraction of sp³-hybridized carbons (Fsp3) is 0.538. The van der Waals surface area contributed by atoms with Crippen LogP contribution in [-0.4, -0.2) is 27.8 Å². The fourth-order valence-electron chi connectivity index (χ4n) is 2.18. The zero-order chi connectivity index (χ0) is 11.6. The molecule has 0 aromatic carbocycles. The average molecular weight is 218 g/mol. The van der Waals surface area contributed by atoms with Crippen molar-refractivity contribution in [2.75, 3.05) is 6.54 Å². The van der Waals surface area contributed by atoms with Crippen molar-refractivity contribution in [2.24, 2.45) is 0 Å². The van der Waals surface area contributed by atoms with E-state index in [4.69, 9.17) is 0 Å². The maximum absolute atomic E-state index is 11.9. The van der Waals surface area contributed by atoms with Crippen LogP contribution in [0.1, 0.15) is 32.3 Å². The lowest BCUT2D eigenvalue weighted by molar-refractivity contribution is -0.133. The summed E-state index contributed by atoms with van der Waals surface area (Å²) in [7, 11) is 0. The number of likely N-dealkylation sites (tertiary alicyclic amines) is 1. The summed E-state index contributed by atoms with van der Waals surface area (Å²) in [6, 6.07) is 4.02. The molecule has 0 unspecified atom stereocenters. The number of pyridine rings is 1. The molecule has 0 bridgehead atoms. The SMILES string of the molecule is CC1(C)C(=O)CCCN1Cc1ccncc1. The zero-order valence-electron chi connectivity index (χ0n) is 9.94. The lowest BCUT2D eigenvalue weighted by Gasteiger charge is -2.41. The van der Waals surface area contributed by atoms with Gasteiger partial charge in [0.05, 0.1) is 5.54 Å². The molecule has 0 atom stereocenters. The number of ketones is 1. The van der Waals surface area contributed by atoms with Crippen LogP contribution in [0.3, 0.4) is 0 Å². The average Bonchev–Trinajstić information content (AvgIpc) is 2.27. The Morgan fingerprint density at radius 3 is 2.75 bits per heavy atom. The Kier molecular flexibility index (Phi) is 3.06. The van der Waals surface area contributed by atoms with Crippen molar-refractivity contribution >= 4 is 5.78 Å². The van der Waals surface area contributed by atoms with Crippen molar-refractivity contribution in [3.8, 4) is 0 Å². The normalized spacial score (nSPS) is 21.0. The molecule has 1 aromatic rings. The standard InChI is InChI=1S/C13H18N2O/c1-13(2)12(16)4-3-9-15(13)10-11-5-7-14-8-6-11/h5-8H,3-4,9-10H2,1-2H3. The monoisotopic (exact) mass is 218 g/mol. The second-order valence-electron chi connectivity index (χ2n) is 4.86. The quantitative estimate of drug-likeness (QED) is 0.761. The van der Waals surface area contributed by atoms with Crippen LogP contribution >= 0.6 is 0 Å². The van der Waals surface area contributed by atoms with Gasteiger partial charge in [-0.3, -0.25) is 14.7 Å². The number of aromatic nitrogens is 1. The Labute approximate surface area is 96.5 Å². The summed E-state index contributed by atoms with van der Waals surface area (Å²) in [4.78, 5) is 18.1. The molecule has 3 nitrogen and oxygen atoms in total. The van der Waals surface area contributed by atoms with Gasteiger partial charge in [0.25, 0.3) is 0 Å². The number of hydrogen-bond acceptors (Lipinski definition) is 3. The van der Waals surface area contributed by atoms with E-state index in [0.717, 1.165) is 25.9 Å². The van der Waals surface area contributed by atoms with E-state index >= 15 is 0 Å². The molecule has 2 heterocycles. The van der Waals surface area contributed by atoms with Crippen molar-refractivity contribution in [3.05, 3.63) is 30.1 Å². The highest BCUT2D eigenvalue weighted by molar-refractivity contribution is 5.88. The molecule has 0 spiro atoms. The molecule has 0 aliphatic carbocycles. The molecule has 1 aromatic heterocycles. The van der Waals surface area contributed by atoms with Gasteiger partial charge >= 0.3 is 0 Å². The number of carbonyl (C=O) groups excluding carboxylic acids is 1. The largest absolute Gasteiger partial charge is 0.298 e. The van der Waals surface area contributed by atoms with Crippen LogP contribution in [-0.2, 0) is 11.3 Å². The molecule has 1 fully saturated rings. The van der Waals surface area contributed by atoms with Crippen LogP contribution in [0.15, 0.2) is 24.5 Å². The van der Waals surface area contributed by atoms with Crippen LogP contribution in [0, 0.1) is 0 Å². The van der Waals surface area contributed by atoms with Gasteiger partial charge in [0.1, 0.15) is 0 Å². The predicted octanol–water partition coefficient (Wildman–Crippen LogP) is 2.03. The van der Waals surface area contributed by atoms with E-state index in [0.29, 0.717) is 5.78 Å². The third-order valence-electron chi connectivity index (χ3n) is 3.43. The van der Waals surface area contributed by atoms with Gasteiger partial charge in [-0.1, -0.05) is 0 Å². The molecular weight excluding hydrogens is 200 g/mol. The van der Waals surface area contributed by atoms with Crippen molar-refractivity contribution in [3.63, 3.8) is 0 Å². The Bertz CT molecular complexity index is 373. The number of Topliss-reactive ketones (excluding diaryl/α,β-unsaturated/α-hetero) is 1. The minimum atomic E-state index is -0.318. The van der Waals surface area contributed by atoms with Crippen molar-refractivity contribution in [2.45, 2.75) is 38.8 Å². The van der Waals surface area contributed by atoms with E-state index in [-0.39, 0.29) is 5.54 Å². The fourth-order valence-corrected chi connectivity index (χ4v) is 2.18. The molecule has 16 heavy (non-hydrogen) atoms. The predicted molar refractivity (Wildman–Crippen MR) is 63.0 cm³/mol. The van der Waals surface area contributed by atoms with Gasteiger partial charge in [-0.25, -0.2) is 0 Å². The summed E-state index contributed by atoms with van der Waals surface area (Å²) < 4.78 is 0. The van der Waals surface area contributed by atoms with Crippen LogP contribution in [0.4, 0.5) is 0 Å². The maximum Gasteiger partial charge on any atom is 0.152 e. The minimum absolute atomic E-state index is 0.318. The molecule has 1 aliphatic rings. The number of piperidine rings is 1. The molecule has 86 valence electrons. The summed E-state index contributed by atoms with van der Waals surface area (Å²) in [5, 5.41) is 0. The second-order valence-corrected chi connectivity index (χ2v) is 4.86. The first-order valence-electron chi connectivity index (χ1n) is 5.78. The molecule has 0 amide bonds. The molecule has 0 saturated carbocycles. The third kappa shape index (κ3) is 2.14. The molecule has 0 N–H and O–H groups in total. The van der Waals surface area contributed by atoms with Gasteiger partial charge in [-0.2, -0.15) is 0 Å². The van der Waals surface area contributed by atoms with Crippen LogP contribution in [0.2, 0.25) is 0 Å². The first-order chi connectivity index (χ1) is 7.60. The van der Waals surface area contributed by atoms with E-state index in [9.17, 15) is 4.79 Å². The van der Waals surface area contributed by atoms with E-state index in [1.165, 1.54) is 5.56 Å². The van der Waals surface area contributed by atoms with Gasteiger partial charge in [-0.05, 0) is 44.5 Å². The Morgan fingerprint density at radius 2 is 2.06 bits per heavy atom. The molecule has 1 aliphatic heterocycles. The number of hydrogen-bond donors (Lipinski definition) is 0. The number of nitrogens with zero attached hydrogens (tertiary/aromatic N) is 2. The van der Waals surface area contributed by atoms with E-state index in [2.05, 4.69) is 9.88 Å². The van der Waals surface area contributed by atoms with E-state index in [1.807, 2.05) is 26.0 Å². The van der Waals surface area contributed by atoms with Crippen LogP contribution < -0.4 is 0 Å². The summed E-state index contributed by atoms with van der Waals surface area (Å²) in [6.45, 7) is 5.88. The van der Waals surface area contributed by atoms with Gasteiger partial charge in [0.2, 0.25) is 0 Å². The zero-order valence-corrected chi connectivity index (χ0v) is 9.94. The molecule has 0 radical (unpaired) electrons. The smallest absolute Gasteiger partial charge is 0.152 e. The number of rotatable bonds is 2. The summed E-state index contributed by atoms with van der Waals surface area (Å²) in [5.41, 5.74) is 0.902. The summed E-state index contributed by atoms with van der Waals surface area (Å²) in [5.74, 6) is 0.354.